The molecule has 4 N–H and O–H groups in total. The van der Waals surface area contributed by atoms with Gasteiger partial charge in [0, 0.05) is 32.1 Å². The molecule has 0 aliphatic heterocycles. The molecule has 0 radical (unpaired) electrons. The lowest BCUT2D eigenvalue weighted by atomic mass is 10.1. The zero-order valence-corrected chi connectivity index (χ0v) is 14.3. The molecule has 0 fully saturated rings. The molecule has 0 spiro atoms. The Balaban J connectivity index is 0.00000264. The molecule has 1 aromatic carbocycles. The zero-order chi connectivity index (χ0) is 16.3. The van der Waals surface area contributed by atoms with Crippen molar-refractivity contribution in [1.29, 1.82) is 0 Å². The number of rotatable bonds is 5. The molecule has 0 aliphatic carbocycles. The molecule has 0 amide bonds. The minimum absolute atomic E-state index is 0. The maximum Gasteiger partial charge on any atom is 0.273 e. The number of hydrogen-bond donors (Lipinski definition) is 2. The Bertz CT molecular complexity index is 774. The quantitative estimate of drug-likeness (QED) is 0.847. The van der Waals surface area contributed by atoms with E-state index in [1.807, 2.05) is 12.1 Å². The minimum Gasteiger partial charge on any atom is -0.495 e. The van der Waals surface area contributed by atoms with Gasteiger partial charge in [-0.3, -0.25) is 4.79 Å². The highest BCUT2D eigenvalue weighted by Gasteiger charge is 2.09. The van der Waals surface area contributed by atoms with Crippen LogP contribution in [-0.4, -0.2) is 34.7 Å². The van der Waals surface area contributed by atoms with Crippen LogP contribution in [0.3, 0.4) is 0 Å². The molecular formula is C15H21N3O4S. The minimum atomic E-state index is -1.20. The first-order valence-corrected chi connectivity index (χ1v) is 8.19. The lowest BCUT2D eigenvalue weighted by Crippen LogP contribution is -2.19. The number of ether oxygens (including phenoxy) is 1. The Labute approximate surface area is 137 Å². The van der Waals surface area contributed by atoms with Crippen molar-refractivity contribution in [3.05, 3.63) is 40.8 Å². The van der Waals surface area contributed by atoms with Crippen LogP contribution in [0.25, 0.3) is 11.1 Å². The molecule has 1 atom stereocenters. The van der Waals surface area contributed by atoms with Gasteiger partial charge in [-0.1, -0.05) is 6.07 Å². The van der Waals surface area contributed by atoms with Gasteiger partial charge in [0.15, 0.2) is 0 Å². The van der Waals surface area contributed by atoms with Gasteiger partial charge in [0.1, 0.15) is 22.4 Å². The molecule has 2 aromatic rings. The van der Waals surface area contributed by atoms with E-state index in [2.05, 4.69) is 10.0 Å². The van der Waals surface area contributed by atoms with Crippen LogP contribution in [0.4, 0.5) is 11.4 Å². The van der Waals surface area contributed by atoms with Crippen LogP contribution >= 0.6 is 0 Å². The van der Waals surface area contributed by atoms with Crippen LogP contribution in [0.1, 0.15) is 0 Å². The molecule has 1 aromatic heterocycles. The number of methoxy groups -OCH3 is 1. The smallest absolute Gasteiger partial charge is 0.273 e. The summed E-state index contributed by atoms with van der Waals surface area (Å²) in [5.41, 5.74) is 2.83. The number of aromatic nitrogens is 1. The average Bonchev–Trinajstić information content (AvgIpc) is 2.49. The molecule has 0 bridgehead atoms. The number of anilines is 2. The summed E-state index contributed by atoms with van der Waals surface area (Å²) in [6, 6.07) is 7.33. The second-order valence-electron chi connectivity index (χ2n) is 4.78. The first kappa shape index (κ1) is 18.7. The molecule has 8 heteroatoms. The average molecular weight is 339 g/mol. The highest BCUT2D eigenvalue weighted by molar-refractivity contribution is 7.85. The van der Waals surface area contributed by atoms with Crippen molar-refractivity contribution in [1.82, 2.24) is 4.57 Å². The first-order chi connectivity index (χ1) is 10.5. The van der Waals surface area contributed by atoms with Gasteiger partial charge >= 0.3 is 0 Å². The fourth-order valence-corrected chi connectivity index (χ4v) is 2.64. The highest BCUT2D eigenvalue weighted by Crippen LogP contribution is 2.31. The van der Waals surface area contributed by atoms with Crippen molar-refractivity contribution in [2.75, 3.05) is 30.5 Å². The van der Waals surface area contributed by atoms with Gasteiger partial charge in [-0.05, 0) is 23.8 Å². The molecule has 2 rings (SSSR count). The maximum atomic E-state index is 11.9. The summed E-state index contributed by atoms with van der Waals surface area (Å²) in [6.07, 6.45) is 3.31. The van der Waals surface area contributed by atoms with E-state index >= 15 is 0 Å². The van der Waals surface area contributed by atoms with Gasteiger partial charge in [-0.25, -0.2) is 4.21 Å². The zero-order valence-electron chi connectivity index (χ0n) is 13.5. The second-order valence-corrected chi connectivity index (χ2v) is 5.89. The maximum absolute atomic E-state index is 11.9. The van der Waals surface area contributed by atoms with Crippen LogP contribution in [-0.2, 0) is 18.0 Å². The van der Waals surface area contributed by atoms with Crippen molar-refractivity contribution in [3.63, 3.8) is 0 Å². The fraction of sp³-hybridized carbons (Fsp3) is 0.267. The van der Waals surface area contributed by atoms with Crippen molar-refractivity contribution < 1.29 is 14.4 Å². The molecule has 1 unspecified atom stereocenters. The van der Waals surface area contributed by atoms with E-state index in [0.717, 1.165) is 11.1 Å². The van der Waals surface area contributed by atoms with Crippen molar-refractivity contribution in [2.45, 2.75) is 0 Å². The summed E-state index contributed by atoms with van der Waals surface area (Å²) in [4.78, 5) is 11.9. The Hall–Kier alpha value is -2.32. The predicted molar refractivity (Wildman–Crippen MR) is 94.5 cm³/mol. The van der Waals surface area contributed by atoms with Gasteiger partial charge in [0.2, 0.25) is 0 Å². The van der Waals surface area contributed by atoms with E-state index in [1.165, 1.54) is 4.57 Å². The number of benzene rings is 1. The van der Waals surface area contributed by atoms with E-state index in [9.17, 15) is 9.00 Å². The van der Waals surface area contributed by atoms with Crippen molar-refractivity contribution in [3.8, 4) is 16.9 Å². The van der Waals surface area contributed by atoms with Crippen LogP contribution < -0.4 is 20.3 Å². The SMILES string of the molecule is CNc1cc(-c2ccc(OC)c(NS(C)=O)c2)cn(C)c1=O.O. The molecule has 0 saturated carbocycles. The Morgan fingerprint density at radius 2 is 1.83 bits per heavy atom. The largest absolute Gasteiger partial charge is 0.495 e. The summed E-state index contributed by atoms with van der Waals surface area (Å²) in [5, 5.41) is 2.89. The van der Waals surface area contributed by atoms with Gasteiger partial charge in [0.05, 0.1) is 12.8 Å². The third-order valence-electron chi connectivity index (χ3n) is 3.24. The number of nitrogens with one attached hydrogen (secondary N) is 2. The van der Waals surface area contributed by atoms with Crippen LogP contribution in [0.5, 0.6) is 5.75 Å². The van der Waals surface area contributed by atoms with E-state index in [0.29, 0.717) is 17.1 Å². The van der Waals surface area contributed by atoms with Crippen molar-refractivity contribution in [2.24, 2.45) is 7.05 Å². The van der Waals surface area contributed by atoms with E-state index in [-0.39, 0.29) is 11.0 Å². The molecular weight excluding hydrogens is 318 g/mol. The van der Waals surface area contributed by atoms with Gasteiger partial charge in [0.25, 0.3) is 5.56 Å². The summed E-state index contributed by atoms with van der Waals surface area (Å²) in [5.74, 6) is 0.609. The van der Waals surface area contributed by atoms with Crippen LogP contribution in [0.2, 0.25) is 0 Å². The third-order valence-corrected chi connectivity index (χ3v) is 3.75. The molecule has 1 heterocycles. The summed E-state index contributed by atoms with van der Waals surface area (Å²) >= 11 is 0. The molecule has 7 nitrogen and oxygen atoms in total. The Kier molecular flexibility index (Phi) is 6.35. The number of nitrogens with zero attached hydrogens (tertiary/aromatic N) is 1. The third kappa shape index (κ3) is 4.11. The van der Waals surface area contributed by atoms with Crippen LogP contribution in [0.15, 0.2) is 35.3 Å². The predicted octanol–water partition coefficient (Wildman–Crippen LogP) is 0.983. The number of hydrogen-bond acceptors (Lipinski definition) is 4. The number of aryl methyl sites for hydroxylation is 1. The summed E-state index contributed by atoms with van der Waals surface area (Å²) in [6.45, 7) is 0. The molecule has 126 valence electrons. The normalized spacial score (nSPS) is 11.3. The molecule has 0 saturated heterocycles. The topological polar surface area (TPSA) is 104 Å². The lowest BCUT2D eigenvalue weighted by molar-refractivity contribution is 0.417. The monoisotopic (exact) mass is 339 g/mol. The fourth-order valence-electron chi connectivity index (χ4n) is 2.17. The van der Waals surface area contributed by atoms with E-state index in [4.69, 9.17) is 4.74 Å². The first-order valence-electron chi connectivity index (χ1n) is 6.63. The molecule has 0 aliphatic rings. The summed E-state index contributed by atoms with van der Waals surface area (Å²) < 4.78 is 21.1. The summed E-state index contributed by atoms with van der Waals surface area (Å²) in [7, 11) is 3.77. The highest BCUT2D eigenvalue weighted by atomic mass is 32.2. The molecule has 23 heavy (non-hydrogen) atoms. The Morgan fingerprint density at radius 3 is 2.39 bits per heavy atom. The van der Waals surface area contributed by atoms with Crippen molar-refractivity contribution >= 4 is 22.4 Å². The van der Waals surface area contributed by atoms with Crippen LogP contribution in [0, 0.1) is 0 Å². The lowest BCUT2D eigenvalue weighted by Gasteiger charge is -2.13. The second kappa shape index (κ2) is 7.80. The number of pyridine rings is 1. The van der Waals surface area contributed by atoms with Gasteiger partial charge in [-0.15, -0.1) is 0 Å². The van der Waals surface area contributed by atoms with Gasteiger partial charge < -0.3 is 24.8 Å². The van der Waals surface area contributed by atoms with E-state index < -0.39 is 11.0 Å². The standard InChI is InChI=1S/C15H19N3O3S.H2O/c1-16-13-8-11(9-18(2)15(13)19)10-5-6-14(21-3)12(7-10)17-22(4)20;/h5-9,16-17H,1-4H3;1H2. The Morgan fingerprint density at radius 1 is 1.17 bits per heavy atom. The van der Waals surface area contributed by atoms with E-state index in [1.54, 1.807) is 45.8 Å². The van der Waals surface area contributed by atoms with Gasteiger partial charge in [-0.2, -0.15) is 0 Å².